The average Bonchev–Trinajstić information content (AvgIpc) is 1.80. The summed E-state index contributed by atoms with van der Waals surface area (Å²) in [5, 5.41) is 9.73. The minimum Gasteiger partial charge on any atom is -0.390 e. The molecule has 80 valence electrons. The predicted octanol–water partition coefficient (Wildman–Crippen LogP) is 2.16. The van der Waals surface area contributed by atoms with Crippen molar-refractivity contribution >= 4 is 0 Å². The Kier molecular flexibility index (Phi) is 3.95. The summed E-state index contributed by atoms with van der Waals surface area (Å²) in [5.41, 5.74) is 5.45. The lowest BCUT2D eigenvalue weighted by molar-refractivity contribution is 0.0185. The molecule has 0 aromatic carbocycles. The summed E-state index contributed by atoms with van der Waals surface area (Å²) in [7, 11) is 0. The van der Waals surface area contributed by atoms with Crippen LogP contribution in [0.1, 0.15) is 48.0 Å². The van der Waals surface area contributed by atoms with Gasteiger partial charge >= 0.3 is 0 Å². The molecule has 2 nitrogen and oxygen atoms in total. The molecule has 3 N–H and O–H groups in total. The second-order valence-corrected chi connectivity index (χ2v) is 5.75. The Labute approximate surface area is 82.5 Å². The predicted molar refractivity (Wildman–Crippen MR) is 57.5 cm³/mol. The summed E-state index contributed by atoms with van der Waals surface area (Å²) < 4.78 is 0. The van der Waals surface area contributed by atoms with Gasteiger partial charge in [-0.3, -0.25) is 0 Å². The summed E-state index contributed by atoms with van der Waals surface area (Å²) >= 11 is 0. The van der Waals surface area contributed by atoms with E-state index in [1.807, 2.05) is 13.8 Å². The minimum atomic E-state index is -0.629. The highest BCUT2D eigenvalue weighted by Gasteiger charge is 2.33. The number of rotatable bonds is 4. The Morgan fingerprint density at radius 1 is 1.15 bits per heavy atom. The van der Waals surface area contributed by atoms with E-state index >= 15 is 0 Å². The highest BCUT2D eigenvalue weighted by atomic mass is 16.3. The van der Waals surface area contributed by atoms with Crippen molar-refractivity contribution < 1.29 is 5.11 Å². The van der Waals surface area contributed by atoms with Crippen LogP contribution in [0.5, 0.6) is 0 Å². The van der Waals surface area contributed by atoms with Gasteiger partial charge < -0.3 is 10.8 Å². The van der Waals surface area contributed by atoms with Gasteiger partial charge in [-0.25, -0.2) is 0 Å². The standard InChI is InChI=1S/C11H25NO/c1-8(2)9(12)10(3,4)7-11(5,6)13/h8-9,13H,7,12H2,1-6H3. The van der Waals surface area contributed by atoms with Crippen LogP contribution in [-0.2, 0) is 0 Å². The molecule has 0 aromatic rings. The van der Waals surface area contributed by atoms with Crippen LogP contribution in [0.2, 0.25) is 0 Å². The molecule has 0 saturated heterocycles. The molecule has 13 heavy (non-hydrogen) atoms. The molecule has 0 aliphatic rings. The molecule has 0 aromatic heterocycles. The Balaban J connectivity index is 4.39. The van der Waals surface area contributed by atoms with Gasteiger partial charge in [-0.15, -0.1) is 0 Å². The summed E-state index contributed by atoms with van der Waals surface area (Å²) in [5.74, 6) is 0.456. The lowest BCUT2D eigenvalue weighted by Crippen LogP contribution is -2.45. The Hall–Kier alpha value is -0.0800. The molecule has 0 amide bonds. The van der Waals surface area contributed by atoms with Gasteiger partial charge in [0, 0.05) is 6.04 Å². The van der Waals surface area contributed by atoms with Crippen molar-refractivity contribution in [1.82, 2.24) is 0 Å². The van der Waals surface area contributed by atoms with E-state index in [1.165, 1.54) is 0 Å². The van der Waals surface area contributed by atoms with E-state index in [-0.39, 0.29) is 11.5 Å². The Bertz CT molecular complexity index is 156. The molecule has 0 rings (SSSR count). The minimum absolute atomic E-state index is 0.00752. The lowest BCUT2D eigenvalue weighted by Gasteiger charge is -2.38. The zero-order valence-corrected chi connectivity index (χ0v) is 9.89. The van der Waals surface area contributed by atoms with E-state index in [1.54, 1.807) is 0 Å². The normalized spacial score (nSPS) is 16.4. The molecule has 0 bridgehead atoms. The van der Waals surface area contributed by atoms with Gasteiger partial charge in [-0.05, 0) is 31.6 Å². The van der Waals surface area contributed by atoms with Crippen molar-refractivity contribution in [2.45, 2.75) is 59.6 Å². The van der Waals surface area contributed by atoms with Crippen LogP contribution in [0, 0.1) is 11.3 Å². The van der Waals surface area contributed by atoms with E-state index in [2.05, 4.69) is 27.7 Å². The summed E-state index contributed by atoms with van der Waals surface area (Å²) in [6, 6.07) is 0.138. The molecule has 0 radical (unpaired) electrons. The number of aliphatic hydroxyl groups is 1. The molecule has 0 aliphatic carbocycles. The quantitative estimate of drug-likeness (QED) is 0.708. The van der Waals surface area contributed by atoms with Crippen LogP contribution in [0.4, 0.5) is 0 Å². The second kappa shape index (κ2) is 3.97. The van der Waals surface area contributed by atoms with Crippen molar-refractivity contribution in [2.75, 3.05) is 0 Å². The van der Waals surface area contributed by atoms with E-state index in [9.17, 15) is 5.11 Å². The molecule has 1 unspecified atom stereocenters. The smallest absolute Gasteiger partial charge is 0.0597 e. The maximum atomic E-state index is 9.73. The zero-order chi connectivity index (χ0) is 10.9. The second-order valence-electron chi connectivity index (χ2n) is 5.75. The van der Waals surface area contributed by atoms with Crippen molar-refractivity contribution in [3.05, 3.63) is 0 Å². The molecule has 2 heteroatoms. The molecule has 0 heterocycles. The maximum absolute atomic E-state index is 9.73. The number of hydrogen-bond donors (Lipinski definition) is 2. The fraction of sp³-hybridized carbons (Fsp3) is 1.00. The first kappa shape index (κ1) is 12.9. The van der Waals surface area contributed by atoms with Gasteiger partial charge in [-0.2, -0.15) is 0 Å². The molecular weight excluding hydrogens is 162 g/mol. The monoisotopic (exact) mass is 187 g/mol. The summed E-state index contributed by atoms with van der Waals surface area (Å²) in [6.07, 6.45) is 0.735. The summed E-state index contributed by atoms with van der Waals surface area (Å²) in [6.45, 7) is 12.2. The molecule has 0 saturated carbocycles. The third kappa shape index (κ3) is 4.63. The van der Waals surface area contributed by atoms with Gasteiger partial charge in [0.25, 0.3) is 0 Å². The molecule has 0 aliphatic heterocycles. The fourth-order valence-corrected chi connectivity index (χ4v) is 2.14. The molecule has 1 atom stereocenters. The van der Waals surface area contributed by atoms with Crippen molar-refractivity contribution in [2.24, 2.45) is 17.1 Å². The first-order valence-electron chi connectivity index (χ1n) is 5.04. The van der Waals surface area contributed by atoms with Crippen LogP contribution < -0.4 is 5.73 Å². The fourth-order valence-electron chi connectivity index (χ4n) is 2.14. The SMILES string of the molecule is CC(C)C(N)C(C)(C)CC(C)(C)O. The molecule has 0 spiro atoms. The number of nitrogens with two attached hydrogens (primary N) is 1. The highest BCUT2D eigenvalue weighted by molar-refractivity contribution is 4.88. The van der Waals surface area contributed by atoms with E-state index in [0.717, 1.165) is 6.42 Å². The third-order valence-corrected chi connectivity index (χ3v) is 2.51. The van der Waals surface area contributed by atoms with Crippen molar-refractivity contribution in [3.8, 4) is 0 Å². The summed E-state index contributed by atoms with van der Waals surface area (Å²) in [4.78, 5) is 0. The maximum Gasteiger partial charge on any atom is 0.0597 e. The van der Waals surface area contributed by atoms with E-state index in [0.29, 0.717) is 5.92 Å². The van der Waals surface area contributed by atoms with Crippen LogP contribution in [0.25, 0.3) is 0 Å². The zero-order valence-electron chi connectivity index (χ0n) is 9.89. The largest absolute Gasteiger partial charge is 0.390 e. The molecular formula is C11H25NO. The third-order valence-electron chi connectivity index (χ3n) is 2.51. The van der Waals surface area contributed by atoms with Crippen LogP contribution >= 0.6 is 0 Å². The van der Waals surface area contributed by atoms with Crippen LogP contribution in [-0.4, -0.2) is 16.7 Å². The first-order chi connectivity index (χ1) is 5.56. The van der Waals surface area contributed by atoms with Gasteiger partial charge in [0.05, 0.1) is 5.60 Å². The molecule has 0 fully saturated rings. The first-order valence-corrected chi connectivity index (χ1v) is 5.04. The van der Waals surface area contributed by atoms with Gasteiger partial charge in [-0.1, -0.05) is 27.7 Å². The van der Waals surface area contributed by atoms with Gasteiger partial charge in [0.15, 0.2) is 0 Å². The average molecular weight is 187 g/mol. The van der Waals surface area contributed by atoms with Gasteiger partial charge in [0.2, 0.25) is 0 Å². The lowest BCUT2D eigenvalue weighted by atomic mass is 9.72. The van der Waals surface area contributed by atoms with Crippen molar-refractivity contribution in [1.29, 1.82) is 0 Å². The van der Waals surface area contributed by atoms with Crippen LogP contribution in [0.15, 0.2) is 0 Å². The highest BCUT2D eigenvalue weighted by Crippen LogP contribution is 2.33. The van der Waals surface area contributed by atoms with E-state index < -0.39 is 5.60 Å². The Morgan fingerprint density at radius 3 is 1.77 bits per heavy atom. The van der Waals surface area contributed by atoms with E-state index in [4.69, 9.17) is 5.73 Å². The van der Waals surface area contributed by atoms with Crippen LogP contribution in [0.3, 0.4) is 0 Å². The Morgan fingerprint density at radius 2 is 1.54 bits per heavy atom. The topological polar surface area (TPSA) is 46.2 Å². The van der Waals surface area contributed by atoms with Crippen molar-refractivity contribution in [3.63, 3.8) is 0 Å². The van der Waals surface area contributed by atoms with Gasteiger partial charge in [0.1, 0.15) is 0 Å². The number of hydrogen-bond acceptors (Lipinski definition) is 2.